The molecule has 0 radical (unpaired) electrons. The molecule has 0 unspecified atom stereocenters. The number of halogens is 6. The van der Waals surface area contributed by atoms with E-state index in [1.165, 1.54) is 0 Å². The highest BCUT2D eigenvalue weighted by Gasteiger charge is 2.34. The van der Waals surface area contributed by atoms with Crippen molar-refractivity contribution in [2.45, 2.75) is 13.1 Å². The Labute approximate surface area is 129 Å². The van der Waals surface area contributed by atoms with E-state index >= 15 is 0 Å². The van der Waals surface area contributed by atoms with Gasteiger partial charge in [0.25, 0.3) is 0 Å². The molecule has 2 aromatic rings. The van der Waals surface area contributed by atoms with Crippen LogP contribution >= 0.6 is 34.8 Å². The van der Waals surface area contributed by atoms with Crippen molar-refractivity contribution < 1.29 is 13.2 Å². The van der Waals surface area contributed by atoms with E-state index in [0.717, 1.165) is 17.8 Å². The molecule has 0 bridgehead atoms. The number of rotatable bonds is 0. The van der Waals surface area contributed by atoms with Gasteiger partial charge in [-0.25, -0.2) is 0 Å². The molecule has 0 atom stereocenters. The van der Waals surface area contributed by atoms with Gasteiger partial charge in [-0.15, -0.1) is 0 Å². The van der Waals surface area contributed by atoms with Crippen molar-refractivity contribution in [3.8, 4) is 0 Å². The summed E-state index contributed by atoms with van der Waals surface area (Å²) in [6.07, 6.45) is -2.72. The fraction of sp³-hybridized carbons (Fsp3) is 0.154. The maximum Gasteiger partial charge on any atom is 0.417 e. The van der Waals surface area contributed by atoms with E-state index in [4.69, 9.17) is 34.8 Å². The zero-order valence-electron chi connectivity index (χ0n) is 10.2. The Morgan fingerprint density at radius 1 is 0.950 bits per heavy atom. The molecule has 0 N–H and O–H groups in total. The molecule has 1 aromatic carbocycles. The van der Waals surface area contributed by atoms with Gasteiger partial charge in [0.05, 0.1) is 20.6 Å². The number of alkyl halides is 3. The molecule has 0 saturated carbocycles. The number of pyridine rings is 1. The highest BCUT2D eigenvalue weighted by molar-refractivity contribution is 6.48. The maximum absolute atomic E-state index is 12.2. The Balaban J connectivity index is 0.000000240. The lowest BCUT2D eigenvalue weighted by Gasteiger charge is -2.09. The molecular formula is C13H9Cl3F3N. The minimum absolute atomic E-state index is 0.000309. The lowest BCUT2D eigenvalue weighted by molar-refractivity contribution is -0.137. The van der Waals surface area contributed by atoms with Gasteiger partial charge in [-0.05, 0) is 31.2 Å². The third-order valence-electron chi connectivity index (χ3n) is 2.15. The highest BCUT2D eigenvalue weighted by atomic mass is 35.5. The number of aryl methyl sites for hydroxylation is 1. The fourth-order valence-corrected chi connectivity index (χ4v) is 1.84. The quantitative estimate of drug-likeness (QED) is 0.531. The van der Waals surface area contributed by atoms with Crippen molar-refractivity contribution in [1.29, 1.82) is 0 Å². The van der Waals surface area contributed by atoms with Crippen LogP contribution in [0, 0.1) is 6.92 Å². The number of hydrogen-bond donors (Lipinski definition) is 0. The fourth-order valence-electron chi connectivity index (χ4n) is 1.19. The summed E-state index contributed by atoms with van der Waals surface area (Å²) in [6.45, 7) is 1.97. The van der Waals surface area contributed by atoms with Gasteiger partial charge < -0.3 is 0 Å². The van der Waals surface area contributed by atoms with E-state index < -0.39 is 16.8 Å². The van der Waals surface area contributed by atoms with E-state index in [-0.39, 0.29) is 10.0 Å². The topological polar surface area (TPSA) is 12.9 Å². The second kappa shape index (κ2) is 7.16. The predicted molar refractivity (Wildman–Crippen MR) is 75.4 cm³/mol. The zero-order chi connectivity index (χ0) is 15.3. The SMILES string of the molecule is Cc1ccccn1.FC(F)(F)c1ccc(Cl)c(Cl)c1Cl. The van der Waals surface area contributed by atoms with Crippen LogP contribution < -0.4 is 0 Å². The third kappa shape index (κ3) is 4.85. The zero-order valence-corrected chi connectivity index (χ0v) is 12.4. The van der Waals surface area contributed by atoms with Crippen molar-refractivity contribution >= 4 is 34.8 Å². The van der Waals surface area contributed by atoms with Crippen LogP contribution in [0.3, 0.4) is 0 Å². The van der Waals surface area contributed by atoms with Crippen molar-refractivity contribution in [2.24, 2.45) is 0 Å². The van der Waals surface area contributed by atoms with Gasteiger partial charge in [0.2, 0.25) is 0 Å². The molecule has 0 aliphatic rings. The maximum atomic E-state index is 12.2. The van der Waals surface area contributed by atoms with Crippen molar-refractivity contribution in [3.63, 3.8) is 0 Å². The summed E-state index contributed by atoms with van der Waals surface area (Å²) in [5.41, 5.74) is 0.0890. The van der Waals surface area contributed by atoms with Gasteiger partial charge in [0.15, 0.2) is 0 Å². The smallest absolute Gasteiger partial charge is 0.262 e. The minimum atomic E-state index is -4.51. The minimum Gasteiger partial charge on any atom is -0.262 e. The molecular weight excluding hydrogens is 334 g/mol. The van der Waals surface area contributed by atoms with Crippen LogP contribution in [0.5, 0.6) is 0 Å². The van der Waals surface area contributed by atoms with E-state index in [1.54, 1.807) is 6.20 Å². The molecule has 0 amide bonds. The molecule has 1 nitrogen and oxygen atoms in total. The monoisotopic (exact) mass is 341 g/mol. The first-order valence-electron chi connectivity index (χ1n) is 5.32. The normalized spacial score (nSPS) is 10.8. The largest absolute Gasteiger partial charge is 0.417 e. The van der Waals surface area contributed by atoms with Crippen molar-refractivity contribution in [1.82, 2.24) is 4.98 Å². The van der Waals surface area contributed by atoms with Gasteiger partial charge in [-0.1, -0.05) is 40.9 Å². The molecule has 0 aliphatic carbocycles. The highest BCUT2D eigenvalue weighted by Crippen LogP contribution is 2.40. The van der Waals surface area contributed by atoms with Crippen LogP contribution in [0.2, 0.25) is 15.1 Å². The van der Waals surface area contributed by atoms with Crippen LogP contribution in [-0.4, -0.2) is 4.98 Å². The molecule has 0 saturated heterocycles. The van der Waals surface area contributed by atoms with E-state index in [0.29, 0.717) is 0 Å². The van der Waals surface area contributed by atoms with Crippen LogP contribution in [0.4, 0.5) is 13.2 Å². The van der Waals surface area contributed by atoms with Gasteiger partial charge in [0.1, 0.15) is 0 Å². The molecule has 0 fully saturated rings. The first-order valence-corrected chi connectivity index (χ1v) is 6.45. The van der Waals surface area contributed by atoms with Crippen LogP contribution in [0.25, 0.3) is 0 Å². The summed E-state index contributed by atoms with van der Waals surface area (Å²) >= 11 is 16.2. The van der Waals surface area contributed by atoms with Gasteiger partial charge in [-0.2, -0.15) is 13.2 Å². The Bertz CT molecular complexity index is 571. The Hall–Kier alpha value is -0.970. The molecule has 1 heterocycles. The summed E-state index contributed by atoms with van der Waals surface area (Å²) in [4.78, 5) is 3.98. The van der Waals surface area contributed by atoms with E-state index in [1.807, 2.05) is 25.1 Å². The summed E-state index contributed by atoms with van der Waals surface area (Å²) in [5, 5.41) is -0.848. The third-order valence-corrected chi connectivity index (χ3v) is 3.45. The van der Waals surface area contributed by atoms with E-state index in [2.05, 4.69) is 4.98 Å². The summed E-state index contributed by atoms with van der Waals surface area (Å²) in [6, 6.07) is 7.70. The molecule has 7 heteroatoms. The lowest BCUT2D eigenvalue weighted by Crippen LogP contribution is -2.05. The first kappa shape index (κ1) is 17.1. The van der Waals surface area contributed by atoms with Crippen LogP contribution in [0.1, 0.15) is 11.3 Å². The Kier molecular flexibility index (Phi) is 6.11. The summed E-state index contributed by atoms with van der Waals surface area (Å²) in [5.74, 6) is 0. The van der Waals surface area contributed by atoms with Crippen LogP contribution in [0.15, 0.2) is 36.5 Å². The molecule has 20 heavy (non-hydrogen) atoms. The van der Waals surface area contributed by atoms with Gasteiger partial charge in [0, 0.05) is 11.9 Å². The molecule has 0 spiro atoms. The Morgan fingerprint density at radius 2 is 1.60 bits per heavy atom. The standard InChI is InChI=1S/C7H2Cl3F3.C6H7N/c8-4-2-1-3(7(11,12)13)5(9)6(4)10;1-6-4-2-3-5-7-6/h1-2H;2-5H,1H3. The summed E-state index contributed by atoms with van der Waals surface area (Å²) < 4.78 is 36.5. The number of aromatic nitrogens is 1. The van der Waals surface area contributed by atoms with Gasteiger partial charge in [-0.3, -0.25) is 4.98 Å². The lowest BCUT2D eigenvalue weighted by atomic mass is 10.2. The molecule has 108 valence electrons. The summed E-state index contributed by atoms with van der Waals surface area (Å²) in [7, 11) is 0. The first-order chi connectivity index (χ1) is 9.23. The second-order valence-electron chi connectivity index (χ2n) is 3.69. The number of hydrogen-bond acceptors (Lipinski definition) is 1. The van der Waals surface area contributed by atoms with Crippen molar-refractivity contribution in [3.05, 3.63) is 62.9 Å². The predicted octanol–water partition coefficient (Wildman–Crippen LogP) is 6.06. The molecule has 0 aliphatic heterocycles. The molecule has 1 aromatic heterocycles. The van der Waals surface area contributed by atoms with Gasteiger partial charge >= 0.3 is 6.18 Å². The second-order valence-corrected chi connectivity index (χ2v) is 4.85. The van der Waals surface area contributed by atoms with E-state index in [9.17, 15) is 13.2 Å². The van der Waals surface area contributed by atoms with Crippen molar-refractivity contribution in [2.75, 3.05) is 0 Å². The molecule has 2 rings (SSSR count). The number of benzene rings is 1. The average Bonchev–Trinajstić information content (AvgIpc) is 2.36. The Morgan fingerprint density at radius 3 is 2.00 bits per heavy atom. The average molecular weight is 343 g/mol. The van der Waals surface area contributed by atoms with Crippen LogP contribution in [-0.2, 0) is 6.18 Å². The number of nitrogens with zero attached hydrogens (tertiary/aromatic N) is 1.